The van der Waals surface area contributed by atoms with Crippen LogP contribution in [0.25, 0.3) is 0 Å². The van der Waals surface area contributed by atoms with E-state index in [-0.39, 0.29) is 0 Å². The van der Waals surface area contributed by atoms with Crippen molar-refractivity contribution >= 4 is 0 Å². The summed E-state index contributed by atoms with van der Waals surface area (Å²) >= 11 is 0. The van der Waals surface area contributed by atoms with Crippen molar-refractivity contribution in [2.24, 2.45) is 17.3 Å². The molecule has 0 radical (unpaired) electrons. The van der Waals surface area contributed by atoms with Gasteiger partial charge in [-0.3, -0.25) is 0 Å². The molecule has 96 valence electrons. The standard InChI is InChI=1S/C16H32/c1-5-6-11-15(16(2,3)4)13-12-14-9-7-8-10-14/h14-15H,5-13H2,1-4H3. The Bertz CT molecular complexity index is 169. The molecule has 1 saturated carbocycles. The second-order valence-electron chi connectivity index (χ2n) is 6.93. The quantitative estimate of drug-likeness (QED) is 0.534. The van der Waals surface area contributed by atoms with Gasteiger partial charge >= 0.3 is 0 Å². The fourth-order valence-corrected chi connectivity index (χ4v) is 3.20. The molecule has 1 aliphatic carbocycles. The summed E-state index contributed by atoms with van der Waals surface area (Å²) in [7, 11) is 0. The van der Waals surface area contributed by atoms with E-state index in [0.717, 1.165) is 11.8 Å². The van der Waals surface area contributed by atoms with Gasteiger partial charge in [-0.2, -0.15) is 0 Å². The summed E-state index contributed by atoms with van der Waals surface area (Å²) < 4.78 is 0. The molecule has 0 nitrogen and oxygen atoms in total. The molecule has 0 aromatic carbocycles. The summed E-state index contributed by atoms with van der Waals surface area (Å²) in [4.78, 5) is 0. The first-order valence-corrected chi connectivity index (χ1v) is 7.54. The van der Waals surface area contributed by atoms with E-state index in [1.54, 1.807) is 0 Å². The van der Waals surface area contributed by atoms with Crippen LogP contribution in [0, 0.1) is 17.3 Å². The molecule has 0 saturated heterocycles. The van der Waals surface area contributed by atoms with Gasteiger partial charge in [0.15, 0.2) is 0 Å². The highest BCUT2D eigenvalue weighted by atomic mass is 14.3. The van der Waals surface area contributed by atoms with Gasteiger partial charge in [0.1, 0.15) is 0 Å². The topological polar surface area (TPSA) is 0 Å². The Morgan fingerprint density at radius 3 is 2.19 bits per heavy atom. The van der Waals surface area contributed by atoms with Crippen LogP contribution in [0.4, 0.5) is 0 Å². The largest absolute Gasteiger partial charge is 0.0654 e. The summed E-state index contributed by atoms with van der Waals surface area (Å²) in [5.74, 6) is 2.03. The van der Waals surface area contributed by atoms with Crippen molar-refractivity contribution in [2.75, 3.05) is 0 Å². The second kappa shape index (κ2) is 6.67. The minimum Gasteiger partial charge on any atom is -0.0654 e. The molecule has 0 spiro atoms. The molecule has 0 heterocycles. The van der Waals surface area contributed by atoms with Crippen molar-refractivity contribution in [1.82, 2.24) is 0 Å². The fourth-order valence-electron chi connectivity index (χ4n) is 3.20. The van der Waals surface area contributed by atoms with Gasteiger partial charge in [-0.1, -0.05) is 72.6 Å². The molecule has 0 bridgehead atoms. The van der Waals surface area contributed by atoms with E-state index in [4.69, 9.17) is 0 Å². The molecule has 16 heavy (non-hydrogen) atoms. The Labute approximate surface area is 103 Å². The van der Waals surface area contributed by atoms with Gasteiger partial charge in [0, 0.05) is 0 Å². The third kappa shape index (κ3) is 4.89. The van der Waals surface area contributed by atoms with Gasteiger partial charge in [0.2, 0.25) is 0 Å². The minimum absolute atomic E-state index is 0.522. The van der Waals surface area contributed by atoms with Crippen molar-refractivity contribution in [3.63, 3.8) is 0 Å². The van der Waals surface area contributed by atoms with Gasteiger partial charge in [-0.05, 0) is 30.1 Å². The minimum atomic E-state index is 0.522. The molecule has 0 N–H and O–H groups in total. The molecule has 1 aliphatic rings. The Hall–Kier alpha value is 0. The Morgan fingerprint density at radius 1 is 1.06 bits per heavy atom. The van der Waals surface area contributed by atoms with Gasteiger partial charge in [0.25, 0.3) is 0 Å². The van der Waals surface area contributed by atoms with Gasteiger partial charge < -0.3 is 0 Å². The van der Waals surface area contributed by atoms with Crippen LogP contribution >= 0.6 is 0 Å². The van der Waals surface area contributed by atoms with E-state index in [1.165, 1.54) is 57.8 Å². The van der Waals surface area contributed by atoms with Crippen LogP contribution < -0.4 is 0 Å². The highest BCUT2D eigenvalue weighted by molar-refractivity contribution is 4.76. The Morgan fingerprint density at radius 2 is 1.69 bits per heavy atom. The van der Waals surface area contributed by atoms with Crippen molar-refractivity contribution in [1.29, 1.82) is 0 Å². The molecular weight excluding hydrogens is 192 g/mol. The zero-order valence-electron chi connectivity index (χ0n) is 12.0. The van der Waals surface area contributed by atoms with E-state index >= 15 is 0 Å². The summed E-state index contributed by atoms with van der Waals surface area (Å²) in [6, 6.07) is 0. The van der Waals surface area contributed by atoms with Crippen molar-refractivity contribution < 1.29 is 0 Å². The molecule has 0 aromatic heterocycles. The van der Waals surface area contributed by atoms with Gasteiger partial charge in [-0.25, -0.2) is 0 Å². The molecule has 1 fully saturated rings. The van der Waals surface area contributed by atoms with Crippen molar-refractivity contribution in [3.05, 3.63) is 0 Å². The third-order valence-electron chi connectivity index (χ3n) is 4.53. The predicted octanol–water partition coefficient (Wildman–Crippen LogP) is 5.81. The average molecular weight is 224 g/mol. The van der Waals surface area contributed by atoms with Crippen LogP contribution in [-0.4, -0.2) is 0 Å². The van der Waals surface area contributed by atoms with Crippen molar-refractivity contribution in [2.45, 2.75) is 85.5 Å². The molecule has 1 atom stereocenters. The molecule has 0 aromatic rings. The van der Waals surface area contributed by atoms with Crippen LogP contribution in [0.1, 0.15) is 85.5 Å². The van der Waals surface area contributed by atoms with Gasteiger partial charge in [0.05, 0.1) is 0 Å². The smallest absolute Gasteiger partial charge is 0.0354 e. The molecular formula is C16H32. The molecule has 0 aliphatic heterocycles. The predicted molar refractivity (Wildman–Crippen MR) is 73.7 cm³/mol. The lowest BCUT2D eigenvalue weighted by atomic mass is 9.74. The van der Waals surface area contributed by atoms with E-state index in [1.807, 2.05) is 0 Å². The summed E-state index contributed by atoms with van der Waals surface area (Å²) in [5.41, 5.74) is 0.522. The third-order valence-corrected chi connectivity index (χ3v) is 4.53. The molecule has 0 amide bonds. The maximum Gasteiger partial charge on any atom is -0.0354 e. The van der Waals surface area contributed by atoms with Crippen molar-refractivity contribution in [3.8, 4) is 0 Å². The lowest BCUT2D eigenvalue weighted by Crippen LogP contribution is -2.21. The van der Waals surface area contributed by atoms with Crippen LogP contribution in [-0.2, 0) is 0 Å². The lowest BCUT2D eigenvalue weighted by molar-refractivity contribution is 0.194. The second-order valence-corrected chi connectivity index (χ2v) is 6.93. The monoisotopic (exact) mass is 224 g/mol. The first kappa shape index (κ1) is 14.1. The fraction of sp³-hybridized carbons (Fsp3) is 1.00. The first-order valence-electron chi connectivity index (χ1n) is 7.54. The van der Waals surface area contributed by atoms with E-state index in [9.17, 15) is 0 Å². The molecule has 1 rings (SSSR count). The van der Waals surface area contributed by atoms with Gasteiger partial charge in [-0.15, -0.1) is 0 Å². The molecule has 1 unspecified atom stereocenters. The summed E-state index contributed by atoms with van der Waals surface area (Å²) in [6.07, 6.45) is 13.3. The maximum atomic E-state index is 2.43. The summed E-state index contributed by atoms with van der Waals surface area (Å²) in [6.45, 7) is 9.61. The maximum absolute atomic E-state index is 2.43. The van der Waals surface area contributed by atoms with Crippen LogP contribution in [0.2, 0.25) is 0 Å². The Balaban J connectivity index is 2.31. The average Bonchev–Trinajstić information content (AvgIpc) is 2.68. The normalized spacial score (nSPS) is 20.2. The lowest BCUT2D eigenvalue weighted by Gasteiger charge is -2.31. The number of hydrogen-bond donors (Lipinski definition) is 0. The zero-order chi connectivity index (χ0) is 12.0. The SMILES string of the molecule is CCCCC(CCC1CCCC1)C(C)(C)C. The Kier molecular flexibility index (Phi) is 5.86. The van der Waals surface area contributed by atoms with Crippen LogP contribution in [0.3, 0.4) is 0 Å². The van der Waals surface area contributed by atoms with E-state index in [0.29, 0.717) is 5.41 Å². The highest BCUT2D eigenvalue weighted by Crippen LogP contribution is 2.37. The number of unbranched alkanes of at least 4 members (excludes halogenated alkanes) is 1. The number of hydrogen-bond acceptors (Lipinski definition) is 0. The first-order chi connectivity index (χ1) is 7.54. The summed E-state index contributed by atoms with van der Waals surface area (Å²) in [5, 5.41) is 0. The number of rotatable bonds is 6. The molecule has 0 heteroatoms. The van der Waals surface area contributed by atoms with Crippen LogP contribution in [0.15, 0.2) is 0 Å². The van der Waals surface area contributed by atoms with E-state index in [2.05, 4.69) is 27.7 Å². The van der Waals surface area contributed by atoms with Crippen LogP contribution in [0.5, 0.6) is 0 Å². The zero-order valence-corrected chi connectivity index (χ0v) is 12.0. The van der Waals surface area contributed by atoms with E-state index < -0.39 is 0 Å². The highest BCUT2D eigenvalue weighted by Gasteiger charge is 2.25.